The number of para-hydroxylation sites is 2. The molecule has 142 valence electrons. The number of fused-ring (bicyclic) bond motifs is 1. The smallest absolute Gasteiger partial charge is 0.329 e. The number of rotatable bonds is 4. The van der Waals surface area contributed by atoms with Crippen molar-refractivity contribution < 1.29 is 22.7 Å². The third kappa shape index (κ3) is 2.90. The first-order valence-electron chi connectivity index (χ1n) is 8.55. The molecule has 2 amide bonds. The summed E-state index contributed by atoms with van der Waals surface area (Å²) in [6.45, 7) is 0. The van der Waals surface area contributed by atoms with Crippen LogP contribution in [0.15, 0.2) is 48.5 Å². The number of amides is 2. The Labute approximate surface area is 158 Å². The van der Waals surface area contributed by atoms with Crippen LogP contribution in [0.5, 0.6) is 11.5 Å². The maximum absolute atomic E-state index is 13.4. The molecule has 0 radical (unpaired) electrons. The lowest BCUT2D eigenvalue weighted by Gasteiger charge is -2.24. The zero-order valence-corrected chi connectivity index (χ0v) is 15.8. The van der Waals surface area contributed by atoms with Gasteiger partial charge in [0.25, 0.3) is 0 Å². The number of sulfone groups is 1. The molecular formula is C19H20N2O5S. The molecule has 0 bridgehead atoms. The Morgan fingerprint density at radius 3 is 2.33 bits per heavy atom. The molecule has 2 aromatic rings. The van der Waals surface area contributed by atoms with Crippen molar-refractivity contribution in [3.8, 4) is 11.5 Å². The van der Waals surface area contributed by atoms with E-state index in [1.165, 1.54) is 7.11 Å². The topological polar surface area (TPSA) is 76.2 Å². The predicted molar refractivity (Wildman–Crippen MR) is 103 cm³/mol. The number of urea groups is 1. The van der Waals surface area contributed by atoms with Crippen LogP contribution in [0.1, 0.15) is 0 Å². The zero-order chi connectivity index (χ0) is 19.2. The molecule has 2 aromatic carbocycles. The summed E-state index contributed by atoms with van der Waals surface area (Å²) in [5, 5.41) is 0. The molecule has 0 N–H and O–H groups in total. The number of anilines is 2. The highest BCUT2D eigenvalue weighted by atomic mass is 32.2. The van der Waals surface area contributed by atoms with E-state index in [-0.39, 0.29) is 17.5 Å². The van der Waals surface area contributed by atoms with Gasteiger partial charge in [-0.3, -0.25) is 9.80 Å². The van der Waals surface area contributed by atoms with Gasteiger partial charge in [0.1, 0.15) is 11.5 Å². The molecule has 0 saturated carbocycles. The van der Waals surface area contributed by atoms with E-state index in [1.54, 1.807) is 59.4 Å². The molecule has 2 atom stereocenters. The van der Waals surface area contributed by atoms with Crippen molar-refractivity contribution >= 4 is 27.2 Å². The average molecular weight is 388 g/mol. The Kier molecular flexibility index (Phi) is 4.22. The molecule has 8 heteroatoms. The average Bonchev–Trinajstić information content (AvgIpc) is 3.10. The minimum Gasteiger partial charge on any atom is -0.497 e. The van der Waals surface area contributed by atoms with Crippen LogP contribution in [0.3, 0.4) is 0 Å². The van der Waals surface area contributed by atoms with Crippen molar-refractivity contribution in [3.05, 3.63) is 48.5 Å². The van der Waals surface area contributed by atoms with Gasteiger partial charge in [0, 0.05) is 11.8 Å². The molecule has 0 unspecified atom stereocenters. The van der Waals surface area contributed by atoms with Crippen molar-refractivity contribution in [3.63, 3.8) is 0 Å². The third-order valence-corrected chi connectivity index (χ3v) is 6.74. The fraction of sp³-hybridized carbons (Fsp3) is 0.316. The largest absolute Gasteiger partial charge is 0.497 e. The minimum absolute atomic E-state index is 0.0632. The van der Waals surface area contributed by atoms with Gasteiger partial charge in [0.2, 0.25) is 0 Å². The van der Waals surface area contributed by atoms with E-state index < -0.39 is 21.9 Å². The van der Waals surface area contributed by atoms with E-state index in [1.807, 2.05) is 6.07 Å². The van der Waals surface area contributed by atoms with Gasteiger partial charge in [-0.15, -0.1) is 0 Å². The zero-order valence-electron chi connectivity index (χ0n) is 15.0. The summed E-state index contributed by atoms with van der Waals surface area (Å²) in [4.78, 5) is 16.5. The normalized spacial score (nSPS) is 23.4. The molecule has 4 rings (SSSR count). The Morgan fingerprint density at radius 2 is 1.63 bits per heavy atom. The molecule has 7 nitrogen and oxygen atoms in total. The van der Waals surface area contributed by atoms with Crippen molar-refractivity contribution in [1.29, 1.82) is 0 Å². The second-order valence-electron chi connectivity index (χ2n) is 6.61. The molecule has 2 fully saturated rings. The number of nitrogens with zero attached hydrogens (tertiary/aromatic N) is 2. The van der Waals surface area contributed by atoms with Crippen molar-refractivity contribution in [2.24, 2.45) is 0 Å². The summed E-state index contributed by atoms with van der Waals surface area (Å²) in [6.07, 6.45) is 0. The highest BCUT2D eigenvalue weighted by Crippen LogP contribution is 2.41. The van der Waals surface area contributed by atoms with Gasteiger partial charge in [-0.1, -0.05) is 18.2 Å². The maximum Gasteiger partial charge on any atom is 0.329 e. The van der Waals surface area contributed by atoms with Crippen LogP contribution in [0, 0.1) is 0 Å². The van der Waals surface area contributed by atoms with E-state index in [2.05, 4.69) is 0 Å². The van der Waals surface area contributed by atoms with E-state index in [0.29, 0.717) is 22.9 Å². The van der Waals surface area contributed by atoms with Crippen LogP contribution in [-0.4, -0.2) is 52.3 Å². The number of hydrogen-bond acceptors (Lipinski definition) is 5. The molecule has 0 aliphatic carbocycles. The lowest BCUT2D eigenvalue weighted by molar-refractivity contribution is 0.255. The van der Waals surface area contributed by atoms with Gasteiger partial charge in [0.15, 0.2) is 9.84 Å². The number of hydrogen-bond donors (Lipinski definition) is 0. The van der Waals surface area contributed by atoms with Gasteiger partial charge in [0.05, 0.1) is 43.5 Å². The van der Waals surface area contributed by atoms with Gasteiger partial charge >= 0.3 is 6.03 Å². The quantitative estimate of drug-likeness (QED) is 0.752. The summed E-state index contributed by atoms with van der Waals surface area (Å²) in [7, 11) is -0.173. The molecule has 2 aliphatic rings. The SMILES string of the molecule is COc1cccc(N2C(=O)N(c3ccccc3OC)[C@@H]3CS(=O)(=O)C[C@H]32)c1. The molecule has 2 heterocycles. The number of methoxy groups -OCH3 is 2. The second kappa shape index (κ2) is 6.45. The lowest BCUT2D eigenvalue weighted by Crippen LogP contribution is -2.38. The Bertz CT molecular complexity index is 991. The monoisotopic (exact) mass is 388 g/mol. The van der Waals surface area contributed by atoms with Crippen LogP contribution in [0.25, 0.3) is 0 Å². The highest BCUT2D eigenvalue weighted by Gasteiger charge is 2.55. The molecule has 2 aliphatic heterocycles. The van der Waals surface area contributed by atoms with Gasteiger partial charge in [-0.2, -0.15) is 0 Å². The van der Waals surface area contributed by atoms with Crippen LogP contribution >= 0.6 is 0 Å². The molecule has 0 aromatic heterocycles. The molecule has 27 heavy (non-hydrogen) atoms. The second-order valence-corrected chi connectivity index (χ2v) is 8.76. The highest BCUT2D eigenvalue weighted by molar-refractivity contribution is 7.91. The summed E-state index contributed by atoms with van der Waals surface area (Å²) >= 11 is 0. The Balaban J connectivity index is 1.83. The molecule has 0 spiro atoms. The fourth-order valence-corrected chi connectivity index (χ4v) is 5.80. The summed E-state index contributed by atoms with van der Waals surface area (Å²) < 4.78 is 35.4. The van der Waals surface area contributed by atoms with E-state index in [9.17, 15) is 13.2 Å². The number of ether oxygens (including phenoxy) is 2. The van der Waals surface area contributed by atoms with Gasteiger partial charge in [-0.25, -0.2) is 13.2 Å². The predicted octanol–water partition coefficient (Wildman–Crippen LogP) is 2.32. The third-order valence-electron chi connectivity index (χ3n) is 5.05. The van der Waals surface area contributed by atoms with E-state index in [4.69, 9.17) is 9.47 Å². The van der Waals surface area contributed by atoms with Gasteiger partial charge < -0.3 is 9.47 Å². The fourth-order valence-electron chi connectivity index (χ4n) is 3.88. The minimum atomic E-state index is -3.25. The summed E-state index contributed by atoms with van der Waals surface area (Å²) in [5.74, 6) is 1.00. The summed E-state index contributed by atoms with van der Waals surface area (Å²) in [6, 6.07) is 13.0. The van der Waals surface area contributed by atoms with E-state index in [0.717, 1.165) is 0 Å². The number of carbonyl (C=O) groups is 1. The first-order chi connectivity index (χ1) is 12.9. The summed E-state index contributed by atoms with van der Waals surface area (Å²) in [5.41, 5.74) is 1.19. The first-order valence-corrected chi connectivity index (χ1v) is 10.4. The number of carbonyl (C=O) groups excluding carboxylic acids is 1. The van der Waals surface area contributed by atoms with Crippen molar-refractivity contribution in [2.45, 2.75) is 12.1 Å². The Hall–Kier alpha value is -2.74. The maximum atomic E-state index is 13.4. The standard InChI is InChI=1S/C19H20N2O5S/c1-25-14-7-5-6-13(10-14)20-16-11-27(23,24)12-17(16)21(19(20)22)15-8-3-4-9-18(15)26-2/h3-10,16-17H,11-12H2,1-2H3/t16-,17-/m1/s1. The molecular weight excluding hydrogens is 368 g/mol. The van der Waals surface area contributed by atoms with Crippen LogP contribution in [0.2, 0.25) is 0 Å². The van der Waals surface area contributed by atoms with Crippen LogP contribution < -0.4 is 19.3 Å². The van der Waals surface area contributed by atoms with E-state index >= 15 is 0 Å². The van der Waals surface area contributed by atoms with Crippen molar-refractivity contribution in [2.75, 3.05) is 35.5 Å². The first kappa shape index (κ1) is 17.7. The Morgan fingerprint density at radius 1 is 0.926 bits per heavy atom. The van der Waals surface area contributed by atoms with Crippen LogP contribution in [0.4, 0.5) is 16.2 Å². The van der Waals surface area contributed by atoms with Crippen LogP contribution in [-0.2, 0) is 9.84 Å². The molecule has 2 saturated heterocycles. The van der Waals surface area contributed by atoms with Crippen molar-refractivity contribution in [1.82, 2.24) is 0 Å². The number of benzene rings is 2. The lowest BCUT2D eigenvalue weighted by atomic mass is 10.1. The van der Waals surface area contributed by atoms with Gasteiger partial charge in [-0.05, 0) is 24.3 Å².